The molecular weight excluding hydrogens is 264 g/mol. The molecule has 0 saturated carbocycles. The standard InChI is InChI=1S/C17H24N2O2/c1-11(2)16-17(20)19-14-10-12(6-7-15(14)21-16)9-13-5-3-4-8-18-13/h6-7,10-11,13,16,18H,3-5,8-9H2,1-2H3,(H,19,20). The van der Waals surface area contributed by atoms with Gasteiger partial charge in [-0.25, -0.2) is 0 Å². The number of fused-ring (bicyclic) bond motifs is 1. The van der Waals surface area contributed by atoms with E-state index >= 15 is 0 Å². The Morgan fingerprint density at radius 2 is 2.19 bits per heavy atom. The van der Waals surface area contributed by atoms with Crippen LogP contribution in [0.2, 0.25) is 0 Å². The van der Waals surface area contributed by atoms with E-state index in [0.29, 0.717) is 6.04 Å². The average molecular weight is 288 g/mol. The molecule has 21 heavy (non-hydrogen) atoms. The van der Waals surface area contributed by atoms with E-state index in [0.717, 1.165) is 24.4 Å². The van der Waals surface area contributed by atoms with Crippen molar-refractivity contribution in [3.05, 3.63) is 23.8 Å². The number of hydrogen-bond acceptors (Lipinski definition) is 3. The van der Waals surface area contributed by atoms with E-state index in [1.807, 2.05) is 19.9 Å². The fourth-order valence-electron chi connectivity index (χ4n) is 3.12. The van der Waals surface area contributed by atoms with E-state index < -0.39 is 0 Å². The molecule has 4 heteroatoms. The summed E-state index contributed by atoms with van der Waals surface area (Å²) in [5.74, 6) is 0.920. The zero-order valence-corrected chi connectivity index (χ0v) is 12.8. The van der Waals surface area contributed by atoms with Gasteiger partial charge in [-0.2, -0.15) is 0 Å². The van der Waals surface area contributed by atoms with Gasteiger partial charge in [0, 0.05) is 6.04 Å². The van der Waals surface area contributed by atoms with E-state index in [9.17, 15) is 4.79 Å². The van der Waals surface area contributed by atoms with E-state index in [2.05, 4.69) is 22.8 Å². The highest BCUT2D eigenvalue weighted by molar-refractivity contribution is 5.98. The van der Waals surface area contributed by atoms with E-state index in [4.69, 9.17) is 4.74 Å². The lowest BCUT2D eigenvalue weighted by molar-refractivity contribution is -0.125. The molecule has 0 bridgehead atoms. The van der Waals surface area contributed by atoms with Crippen molar-refractivity contribution in [2.75, 3.05) is 11.9 Å². The van der Waals surface area contributed by atoms with Crippen molar-refractivity contribution < 1.29 is 9.53 Å². The van der Waals surface area contributed by atoms with E-state index in [1.54, 1.807) is 0 Å². The van der Waals surface area contributed by atoms with Crippen LogP contribution < -0.4 is 15.4 Å². The van der Waals surface area contributed by atoms with Crippen LogP contribution in [0, 0.1) is 5.92 Å². The Kier molecular flexibility index (Phi) is 4.15. The van der Waals surface area contributed by atoms with Gasteiger partial charge in [-0.15, -0.1) is 0 Å². The first kappa shape index (κ1) is 14.4. The molecular formula is C17H24N2O2. The molecule has 0 aromatic heterocycles. The molecule has 0 aliphatic carbocycles. The van der Waals surface area contributed by atoms with Crippen LogP contribution in [0.3, 0.4) is 0 Å². The topological polar surface area (TPSA) is 50.4 Å². The minimum atomic E-state index is -0.386. The summed E-state index contributed by atoms with van der Waals surface area (Å²) in [7, 11) is 0. The van der Waals surface area contributed by atoms with Crippen LogP contribution in [0.5, 0.6) is 5.75 Å². The monoisotopic (exact) mass is 288 g/mol. The van der Waals surface area contributed by atoms with Crippen molar-refractivity contribution in [1.29, 1.82) is 0 Å². The number of hydrogen-bond donors (Lipinski definition) is 2. The summed E-state index contributed by atoms with van der Waals surface area (Å²) >= 11 is 0. The second-order valence-corrected chi connectivity index (χ2v) is 6.45. The zero-order chi connectivity index (χ0) is 14.8. The van der Waals surface area contributed by atoms with Crippen molar-refractivity contribution in [3.8, 4) is 5.75 Å². The SMILES string of the molecule is CC(C)C1Oc2ccc(CC3CCCCN3)cc2NC1=O. The minimum Gasteiger partial charge on any atom is -0.478 e. The van der Waals surface area contributed by atoms with Gasteiger partial charge < -0.3 is 15.4 Å². The summed E-state index contributed by atoms with van der Waals surface area (Å²) in [6, 6.07) is 6.72. The number of benzene rings is 1. The number of piperidine rings is 1. The van der Waals surface area contributed by atoms with Gasteiger partial charge in [0.05, 0.1) is 5.69 Å². The Morgan fingerprint density at radius 3 is 2.90 bits per heavy atom. The molecule has 2 unspecified atom stereocenters. The molecule has 114 valence electrons. The van der Waals surface area contributed by atoms with Crippen LogP contribution in [-0.2, 0) is 11.2 Å². The number of carbonyl (C=O) groups is 1. The van der Waals surface area contributed by atoms with E-state index in [1.165, 1.54) is 24.8 Å². The first-order valence-corrected chi connectivity index (χ1v) is 7.97. The van der Waals surface area contributed by atoms with Crippen molar-refractivity contribution in [2.45, 2.75) is 51.7 Å². The Bertz CT molecular complexity index is 522. The molecule has 2 heterocycles. The van der Waals surface area contributed by atoms with Gasteiger partial charge in [0.2, 0.25) is 0 Å². The van der Waals surface area contributed by atoms with Crippen molar-refractivity contribution in [2.24, 2.45) is 5.92 Å². The molecule has 1 aromatic rings. The maximum atomic E-state index is 12.1. The van der Waals surface area contributed by atoms with E-state index in [-0.39, 0.29) is 17.9 Å². The molecule has 0 spiro atoms. The molecule has 2 atom stereocenters. The molecule has 1 fully saturated rings. The van der Waals surface area contributed by atoms with Crippen molar-refractivity contribution in [1.82, 2.24) is 5.32 Å². The quantitative estimate of drug-likeness (QED) is 0.899. The highest BCUT2D eigenvalue weighted by Crippen LogP contribution is 2.32. The maximum absolute atomic E-state index is 12.1. The number of nitrogens with one attached hydrogen (secondary N) is 2. The van der Waals surface area contributed by atoms with Crippen LogP contribution in [-0.4, -0.2) is 24.6 Å². The van der Waals surface area contributed by atoms with Crippen LogP contribution in [0.1, 0.15) is 38.7 Å². The number of carbonyl (C=O) groups excluding carboxylic acids is 1. The lowest BCUT2D eigenvalue weighted by Gasteiger charge is -2.29. The molecule has 1 amide bonds. The lowest BCUT2D eigenvalue weighted by Crippen LogP contribution is -2.40. The smallest absolute Gasteiger partial charge is 0.265 e. The van der Waals surface area contributed by atoms with Crippen LogP contribution in [0.4, 0.5) is 5.69 Å². The summed E-state index contributed by atoms with van der Waals surface area (Å²) in [6.07, 6.45) is 4.44. The van der Waals surface area contributed by atoms with Gasteiger partial charge in [-0.1, -0.05) is 26.3 Å². The summed E-state index contributed by atoms with van der Waals surface area (Å²) in [5, 5.41) is 6.54. The largest absolute Gasteiger partial charge is 0.478 e. The highest BCUT2D eigenvalue weighted by atomic mass is 16.5. The van der Waals surface area contributed by atoms with Gasteiger partial charge in [-0.3, -0.25) is 4.79 Å². The fraction of sp³-hybridized carbons (Fsp3) is 0.588. The normalized spacial score (nSPS) is 25.2. The van der Waals surface area contributed by atoms with Crippen molar-refractivity contribution >= 4 is 11.6 Å². The van der Waals surface area contributed by atoms with Crippen molar-refractivity contribution in [3.63, 3.8) is 0 Å². The third-order valence-electron chi connectivity index (χ3n) is 4.31. The number of amides is 1. The zero-order valence-electron chi connectivity index (χ0n) is 12.8. The highest BCUT2D eigenvalue weighted by Gasteiger charge is 2.30. The average Bonchev–Trinajstić information content (AvgIpc) is 2.47. The molecule has 4 nitrogen and oxygen atoms in total. The van der Waals surface area contributed by atoms with Crippen LogP contribution in [0.25, 0.3) is 0 Å². The second-order valence-electron chi connectivity index (χ2n) is 6.45. The first-order valence-electron chi connectivity index (χ1n) is 7.97. The van der Waals surface area contributed by atoms with Gasteiger partial charge in [0.1, 0.15) is 5.75 Å². The van der Waals surface area contributed by atoms with Gasteiger partial charge in [0.15, 0.2) is 6.10 Å². The second kappa shape index (κ2) is 6.06. The minimum absolute atomic E-state index is 0.0366. The Hall–Kier alpha value is -1.55. The first-order chi connectivity index (χ1) is 10.1. The Morgan fingerprint density at radius 1 is 1.33 bits per heavy atom. The summed E-state index contributed by atoms with van der Waals surface area (Å²) in [4.78, 5) is 12.1. The van der Waals surface area contributed by atoms with Gasteiger partial charge in [0.25, 0.3) is 5.91 Å². The van der Waals surface area contributed by atoms with Crippen LogP contribution >= 0.6 is 0 Å². The third-order valence-corrected chi connectivity index (χ3v) is 4.31. The predicted molar refractivity (Wildman–Crippen MR) is 83.7 cm³/mol. The number of anilines is 1. The maximum Gasteiger partial charge on any atom is 0.265 e. The van der Waals surface area contributed by atoms with Gasteiger partial charge >= 0.3 is 0 Å². The number of ether oxygens (including phenoxy) is 1. The molecule has 2 aliphatic heterocycles. The molecule has 0 radical (unpaired) electrons. The molecule has 1 saturated heterocycles. The Balaban J connectivity index is 1.73. The third kappa shape index (κ3) is 3.21. The predicted octanol–water partition coefficient (Wildman–Crippen LogP) is 2.73. The molecule has 1 aromatic carbocycles. The van der Waals surface area contributed by atoms with Gasteiger partial charge in [-0.05, 0) is 49.4 Å². The lowest BCUT2D eigenvalue weighted by atomic mass is 9.97. The molecule has 3 rings (SSSR count). The summed E-state index contributed by atoms with van der Waals surface area (Å²) in [5.41, 5.74) is 2.06. The molecule has 2 N–H and O–H groups in total. The summed E-state index contributed by atoms with van der Waals surface area (Å²) < 4.78 is 5.82. The Labute approximate surface area is 126 Å². The van der Waals surface area contributed by atoms with Crippen LogP contribution in [0.15, 0.2) is 18.2 Å². The fourth-order valence-corrected chi connectivity index (χ4v) is 3.12. The summed E-state index contributed by atoms with van der Waals surface area (Å²) in [6.45, 7) is 5.11. The molecule has 2 aliphatic rings. The number of rotatable bonds is 3.